The molecule has 1 heterocycles. The first-order chi connectivity index (χ1) is 5.70. The Balaban J connectivity index is 2.24. The Labute approximate surface area is 72.9 Å². The molecular formula is C8H17N3O. The van der Waals surface area contributed by atoms with Gasteiger partial charge in [0.25, 0.3) is 0 Å². The molecule has 1 aliphatic rings. The van der Waals surface area contributed by atoms with Crippen molar-refractivity contribution in [2.75, 3.05) is 13.1 Å². The topological polar surface area (TPSA) is 67.2 Å². The summed E-state index contributed by atoms with van der Waals surface area (Å²) in [4.78, 5) is 10.7. The summed E-state index contributed by atoms with van der Waals surface area (Å²) >= 11 is 0. The minimum Gasteiger partial charge on any atom is -0.368 e. The predicted molar refractivity (Wildman–Crippen MR) is 47.7 cm³/mol. The third-order valence-corrected chi connectivity index (χ3v) is 2.25. The van der Waals surface area contributed by atoms with Gasteiger partial charge in [0.05, 0.1) is 6.04 Å². The van der Waals surface area contributed by atoms with Crippen molar-refractivity contribution in [3.05, 3.63) is 0 Å². The highest BCUT2D eigenvalue weighted by Crippen LogP contribution is 2.02. The van der Waals surface area contributed by atoms with Gasteiger partial charge in [-0.05, 0) is 32.9 Å². The van der Waals surface area contributed by atoms with E-state index in [1.165, 1.54) is 0 Å². The fourth-order valence-corrected chi connectivity index (χ4v) is 1.42. The maximum atomic E-state index is 10.7. The Bertz CT molecular complexity index is 154. The van der Waals surface area contributed by atoms with Gasteiger partial charge in [-0.3, -0.25) is 4.79 Å². The second kappa shape index (κ2) is 4.42. The molecule has 0 saturated carbocycles. The van der Waals surface area contributed by atoms with Crippen molar-refractivity contribution >= 4 is 5.91 Å². The van der Waals surface area contributed by atoms with Gasteiger partial charge < -0.3 is 16.4 Å². The summed E-state index contributed by atoms with van der Waals surface area (Å²) in [6.45, 7) is 3.87. The molecule has 4 heteroatoms. The number of hydrogen-bond acceptors (Lipinski definition) is 3. The number of nitrogens with two attached hydrogens (primary N) is 1. The second-order valence-corrected chi connectivity index (χ2v) is 3.31. The maximum Gasteiger partial charge on any atom is 0.234 e. The van der Waals surface area contributed by atoms with E-state index in [0.29, 0.717) is 6.04 Å². The molecule has 0 aliphatic carbocycles. The van der Waals surface area contributed by atoms with Crippen LogP contribution in [0, 0.1) is 0 Å². The predicted octanol–water partition coefficient (Wildman–Crippen LogP) is -0.798. The first-order valence-corrected chi connectivity index (χ1v) is 4.46. The van der Waals surface area contributed by atoms with Gasteiger partial charge in [-0.1, -0.05) is 0 Å². The molecule has 0 aromatic rings. The Hall–Kier alpha value is -0.610. The van der Waals surface area contributed by atoms with Crippen molar-refractivity contribution in [1.82, 2.24) is 10.6 Å². The third-order valence-electron chi connectivity index (χ3n) is 2.25. The van der Waals surface area contributed by atoms with Gasteiger partial charge in [0.1, 0.15) is 0 Å². The molecule has 1 aliphatic heterocycles. The highest BCUT2D eigenvalue weighted by atomic mass is 16.1. The van der Waals surface area contributed by atoms with Crippen LogP contribution in [0.2, 0.25) is 0 Å². The molecule has 70 valence electrons. The first kappa shape index (κ1) is 9.48. The van der Waals surface area contributed by atoms with Crippen LogP contribution in [-0.2, 0) is 4.79 Å². The van der Waals surface area contributed by atoms with Gasteiger partial charge in [-0.15, -0.1) is 0 Å². The summed E-state index contributed by atoms with van der Waals surface area (Å²) < 4.78 is 0. The molecule has 1 amide bonds. The van der Waals surface area contributed by atoms with Crippen molar-refractivity contribution in [1.29, 1.82) is 0 Å². The molecule has 1 saturated heterocycles. The molecular weight excluding hydrogens is 154 g/mol. The summed E-state index contributed by atoms with van der Waals surface area (Å²) in [5, 5.41) is 6.46. The number of carbonyl (C=O) groups is 1. The van der Waals surface area contributed by atoms with E-state index >= 15 is 0 Å². The van der Waals surface area contributed by atoms with Crippen LogP contribution in [0.1, 0.15) is 19.8 Å². The van der Waals surface area contributed by atoms with E-state index in [1.807, 2.05) is 6.92 Å². The average molecular weight is 171 g/mol. The standard InChI is InChI=1S/C8H17N3O/c1-6(8(9)12)11-7-2-4-10-5-3-7/h6-7,10-11H,2-5H2,1H3,(H2,9,12)/t6-/m0/s1. The summed E-state index contributed by atoms with van der Waals surface area (Å²) in [6, 6.07) is 0.252. The minimum absolute atomic E-state index is 0.201. The normalized spacial score (nSPS) is 22.1. The average Bonchev–Trinajstić information content (AvgIpc) is 2.06. The van der Waals surface area contributed by atoms with E-state index in [2.05, 4.69) is 10.6 Å². The Morgan fingerprint density at radius 1 is 1.58 bits per heavy atom. The van der Waals surface area contributed by atoms with Crippen molar-refractivity contribution in [2.24, 2.45) is 5.73 Å². The van der Waals surface area contributed by atoms with Gasteiger partial charge in [-0.25, -0.2) is 0 Å². The number of primary amides is 1. The quantitative estimate of drug-likeness (QED) is 0.521. The van der Waals surface area contributed by atoms with Crippen LogP contribution in [0.5, 0.6) is 0 Å². The van der Waals surface area contributed by atoms with E-state index < -0.39 is 0 Å². The van der Waals surface area contributed by atoms with E-state index in [4.69, 9.17) is 5.73 Å². The number of carbonyl (C=O) groups excluding carboxylic acids is 1. The van der Waals surface area contributed by atoms with Crippen LogP contribution in [0.4, 0.5) is 0 Å². The highest BCUT2D eigenvalue weighted by Gasteiger charge is 2.17. The van der Waals surface area contributed by atoms with E-state index in [9.17, 15) is 4.79 Å². The SMILES string of the molecule is C[C@H](NC1CCNCC1)C(N)=O. The molecule has 0 aromatic carbocycles. The Morgan fingerprint density at radius 3 is 2.67 bits per heavy atom. The van der Waals surface area contributed by atoms with Gasteiger partial charge in [0.15, 0.2) is 0 Å². The number of piperidine rings is 1. The van der Waals surface area contributed by atoms with Crippen molar-refractivity contribution in [3.8, 4) is 0 Å². The molecule has 0 bridgehead atoms. The Kier molecular flexibility index (Phi) is 3.49. The lowest BCUT2D eigenvalue weighted by molar-refractivity contribution is -0.119. The minimum atomic E-state index is -0.270. The van der Waals surface area contributed by atoms with E-state index in [1.54, 1.807) is 0 Å². The smallest absolute Gasteiger partial charge is 0.234 e. The Morgan fingerprint density at radius 2 is 2.17 bits per heavy atom. The molecule has 0 aromatic heterocycles. The summed E-state index contributed by atoms with van der Waals surface area (Å²) in [5.74, 6) is -0.270. The number of nitrogens with one attached hydrogen (secondary N) is 2. The van der Waals surface area contributed by atoms with E-state index in [-0.39, 0.29) is 11.9 Å². The summed E-state index contributed by atoms with van der Waals surface area (Å²) in [6.07, 6.45) is 2.16. The maximum absolute atomic E-state index is 10.7. The second-order valence-electron chi connectivity index (χ2n) is 3.31. The zero-order valence-corrected chi connectivity index (χ0v) is 7.47. The van der Waals surface area contributed by atoms with Crippen molar-refractivity contribution < 1.29 is 4.79 Å². The van der Waals surface area contributed by atoms with Gasteiger partial charge >= 0.3 is 0 Å². The number of hydrogen-bond donors (Lipinski definition) is 3. The molecule has 0 spiro atoms. The highest BCUT2D eigenvalue weighted by molar-refractivity contribution is 5.79. The van der Waals surface area contributed by atoms with E-state index in [0.717, 1.165) is 25.9 Å². The molecule has 12 heavy (non-hydrogen) atoms. The van der Waals surface area contributed by atoms with Crippen molar-refractivity contribution in [3.63, 3.8) is 0 Å². The van der Waals surface area contributed by atoms with Crippen LogP contribution >= 0.6 is 0 Å². The largest absolute Gasteiger partial charge is 0.368 e. The summed E-state index contributed by atoms with van der Waals surface area (Å²) in [7, 11) is 0. The lowest BCUT2D eigenvalue weighted by Crippen LogP contribution is -2.48. The third kappa shape index (κ3) is 2.79. The lowest BCUT2D eigenvalue weighted by Gasteiger charge is -2.25. The summed E-state index contributed by atoms with van der Waals surface area (Å²) in [5.41, 5.74) is 5.14. The van der Waals surface area contributed by atoms with Gasteiger partial charge in [0.2, 0.25) is 5.91 Å². The monoisotopic (exact) mass is 171 g/mol. The zero-order chi connectivity index (χ0) is 8.97. The van der Waals surface area contributed by atoms with Crippen LogP contribution in [-0.4, -0.2) is 31.1 Å². The zero-order valence-electron chi connectivity index (χ0n) is 7.47. The molecule has 0 unspecified atom stereocenters. The fourth-order valence-electron chi connectivity index (χ4n) is 1.42. The molecule has 1 atom stereocenters. The van der Waals surface area contributed by atoms with Crippen LogP contribution in [0.15, 0.2) is 0 Å². The molecule has 1 fully saturated rings. The first-order valence-electron chi connectivity index (χ1n) is 4.46. The molecule has 4 nitrogen and oxygen atoms in total. The molecule has 4 N–H and O–H groups in total. The molecule has 1 rings (SSSR count). The van der Waals surface area contributed by atoms with Crippen LogP contribution in [0.25, 0.3) is 0 Å². The van der Waals surface area contributed by atoms with Crippen LogP contribution < -0.4 is 16.4 Å². The molecule has 0 radical (unpaired) electrons. The lowest BCUT2D eigenvalue weighted by atomic mass is 10.1. The van der Waals surface area contributed by atoms with Crippen LogP contribution in [0.3, 0.4) is 0 Å². The van der Waals surface area contributed by atoms with Crippen molar-refractivity contribution in [2.45, 2.75) is 31.8 Å². The number of rotatable bonds is 3. The number of amides is 1. The fraction of sp³-hybridized carbons (Fsp3) is 0.875. The van der Waals surface area contributed by atoms with Gasteiger partial charge in [-0.2, -0.15) is 0 Å². The van der Waals surface area contributed by atoms with Gasteiger partial charge in [0, 0.05) is 6.04 Å².